The maximum absolute atomic E-state index is 14.8. The number of hydrogen-bond acceptors (Lipinski definition) is 4. The quantitative estimate of drug-likeness (QED) is 0.442. The number of pyridine rings is 1. The Labute approximate surface area is 199 Å². The number of fused-ring (bicyclic) bond motifs is 1. The average Bonchev–Trinajstić information content (AvgIpc) is 2.97. The van der Waals surface area contributed by atoms with Crippen LogP contribution in [0.2, 0.25) is 0 Å². The fraction of sp³-hybridized carbons (Fsp3) is 0.269. The van der Waals surface area contributed by atoms with E-state index in [0.29, 0.717) is 6.92 Å². The Balaban J connectivity index is 1.82. The van der Waals surface area contributed by atoms with Crippen molar-refractivity contribution in [1.29, 1.82) is 5.26 Å². The summed E-state index contributed by atoms with van der Waals surface area (Å²) in [7, 11) is 1.22. The van der Waals surface area contributed by atoms with Gasteiger partial charge in [-0.15, -0.1) is 0 Å². The summed E-state index contributed by atoms with van der Waals surface area (Å²) in [5, 5.41) is 9.19. The summed E-state index contributed by atoms with van der Waals surface area (Å²) in [5.41, 5.74) is 0.551. The van der Waals surface area contributed by atoms with Crippen LogP contribution in [0, 0.1) is 23.0 Å². The van der Waals surface area contributed by atoms with Crippen molar-refractivity contribution < 1.29 is 27.1 Å². The number of halogens is 4. The number of methoxy groups -OCH3 is 1. The lowest BCUT2D eigenvalue weighted by Gasteiger charge is -2.27. The summed E-state index contributed by atoms with van der Waals surface area (Å²) in [6.07, 6.45) is 1.57. The summed E-state index contributed by atoms with van der Waals surface area (Å²) in [4.78, 5) is 19.0. The van der Waals surface area contributed by atoms with Crippen LogP contribution in [-0.2, 0) is 23.7 Å². The molecule has 35 heavy (non-hydrogen) atoms. The van der Waals surface area contributed by atoms with Gasteiger partial charge in [0.05, 0.1) is 42.5 Å². The molecule has 0 saturated heterocycles. The molecule has 2 heterocycles. The van der Waals surface area contributed by atoms with Crippen molar-refractivity contribution in [2.75, 3.05) is 12.0 Å². The van der Waals surface area contributed by atoms with Crippen molar-refractivity contribution in [3.63, 3.8) is 0 Å². The highest BCUT2D eigenvalue weighted by molar-refractivity contribution is 5.99. The molecule has 0 radical (unpaired) electrons. The lowest BCUT2D eigenvalue weighted by molar-refractivity contribution is -0.120. The normalized spacial score (nSPS) is 15.9. The minimum absolute atomic E-state index is 0.0712. The molecule has 3 aromatic rings. The standard InChI is InChI=1S/C26H21F4N3O2/c1-26(29,30)20-11-16(13-32-24(20)35-2)18-7-8-19-22(28)4-3-5-23(19)33(25(18)34)14-17-10-15(12-31)6-9-21(17)27/h3-6,9-11,13,18H,7-8,14H2,1-2H3. The number of anilines is 1. The Kier molecular flexibility index (Phi) is 6.48. The van der Waals surface area contributed by atoms with Gasteiger partial charge >= 0.3 is 0 Å². The highest BCUT2D eigenvalue weighted by atomic mass is 19.3. The highest BCUT2D eigenvalue weighted by Gasteiger charge is 2.36. The minimum atomic E-state index is -3.28. The van der Waals surface area contributed by atoms with Crippen molar-refractivity contribution in [2.24, 2.45) is 0 Å². The van der Waals surface area contributed by atoms with E-state index in [1.54, 1.807) is 6.07 Å². The predicted molar refractivity (Wildman–Crippen MR) is 120 cm³/mol. The molecule has 1 amide bonds. The van der Waals surface area contributed by atoms with Gasteiger partial charge in [0.15, 0.2) is 0 Å². The summed E-state index contributed by atoms with van der Waals surface area (Å²) < 4.78 is 62.8. The van der Waals surface area contributed by atoms with Gasteiger partial charge in [-0.25, -0.2) is 22.5 Å². The largest absolute Gasteiger partial charge is 0.481 e. The van der Waals surface area contributed by atoms with Crippen LogP contribution in [0.15, 0.2) is 48.7 Å². The van der Waals surface area contributed by atoms with E-state index < -0.39 is 34.9 Å². The van der Waals surface area contributed by atoms with Gasteiger partial charge in [0.25, 0.3) is 5.92 Å². The Morgan fingerprint density at radius 1 is 1.20 bits per heavy atom. The predicted octanol–water partition coefficient (Wildman–Crippen LogP) is 5.61. The lowest BCUT2D eigenvalue weighted by atomic mass is 9.92. The van der Waals surface area contributed by atoms with E-state index in [2.05, 4.69) is 4.98 Å². The monoisotopic (exact) mass is 483 g/mol. The Morgan fingerprint density at radius 2 is 1.97 bits per heavy atom. The van der Waals surface area contributed by atoms with Crippen molar-refractivity contribution >= 4 is 11.6 Å². The number of amides is 1. The molecule has 0 fully saturated rings. The number of hydrogen-bond donors (Lipinski definition) is 0. The number of benzene rings is 2. The topological polar surface area (TPSA) is 66.2 Å². The van der Waals surface area contributed by atoms with Crippen LogP contribution in [0.1, 0.15) is 47.1 Å². The van der Waals surface area contributed by atoms with Gasteiger partial charge in [0.1, 0.15) is 11.6 Å². The number of alkyl halides is 2. The van der Waals surface area contributed by atoms with Gasteiger partial charge in [-0.2, -0.15) is 5.26 Å². The van der Waals surface area contributed by atoms with Gasteiger partial charge in [-0.1, -0.05) is 6.07 Å². The third kappa shape index (κ3) is 4.69. The van der Waals surface area contributed by atoms with E-state index in [9.17, 15) is 27.6 Å². The van der Waals surface area contributed by atoms with Crippen molar-refractivity contribution in [1.82, 2.24) is 4.98 Å². The van der Waals surface area contributed by atoms with Gasteiger partial charge in [-0.3, -0.25) is 4.79 Å². The smallest absolute Gasteiger partial charge is 0.275 e. The maximum atomic E-state index is 14.8. The van der Waals surface area contributed by atoms with Gasteiger partial charge in [0, 0.05) is 24.2 Å². The molecule has 0 aliphatic carbocycles. The zero-order valence-electron chi connectivity index (χ0n) is 19.0. The van der Waals surface area contributed by atoms with E-state index >= 15 is 0 Å². The van der Waals surface area contributed by atoms with E-state index in [-0.39, 0.29) is 53.2 Å². The maximum Gasteiger partial charge on any atom is 0.275 e. The fourth-order valence-corrected chi connectivity index (χ4v) is 4.31. The summed E-state index contributed by atoms with van der Waals surface area (Å²) in [6.45, 7) is 0.432. The van der Waals surface area contributed by atoms with Crippen molar-refractivity contribution in [3.8, 4) is 11.9 Å². The number of nitrogens with zero attached hydrogens (tertiary/aromatic N) is 3. The highest BCUT2D eigenvalue weighted by Crippen LogP contribution is 2.39. The molecule has 1 atom stereocenters. The first-order chi connectivity index (χ1) is 16.6. The third-order valence-electron chi connectivity index (χ3n) is 6.08. The first kappa shape index (κ1) is 24.2. The SMILES string of the molecule is COc1ncc(C2CCc3c(F)cccc3N(Cc3cc(C#N)ccc3F)C2=O)cc1C(C)(F)F. The summed E-state index contributed by atoms with van der Waals surface area (Å²) in [6, 6.07) is 11.1. The molecule has 2 aromatic carbocycles. The molecule has 4 rings (SSSR count). The van der Waals surface area contributed by atoms with Crippen LogP contribution in [0.5, 0.6) is 5.88 Å². The molecule has 9 heteroatoms. The Hall–Kier alpha value is -3.93. The van der Waals surface area contributed by atoms with Crippen LogP contribution in [-0.4, -0.2) is 18.0 Å². The van der Waals surface area contributed by atoms with Gasteiger partial charge in [0.2, 0.25) is 11.8 Å². The molecule has 180 valence electrons. The van der Waals surface area contributed by atoms with Crippen LogP contribution in [0.3, 0.4) is 0 Å². The number of rotatable bonds is 5. The van der Waals surface area contributed by atoms with Crippen molar-refractivity contribution in [2.45, 2.75) is 38.2 Å². The zero-order valence-corrected chi connectivity index (χ0v) is 19.0. The van der Waals surface area contributed by atoms with E-state index in [0.717, 1.165) is 6.07 Å². The molecule has 0 bridgehead atoms. The second kappa shape index (κ2) is 9.37. The molecule has 1 aliphatic heterocycles. The molecule has 1 aromatic heterocycles. The lowest BCUT2D eigenvalue weighted by Crippen LogP contribution is -2.34. The Morgan fingerprint density at radius 3 is 2.66 bits per heavy atom. The first-order valence-electron chi connectivity index (χ1n) is 10.8. The molecule has 1 unspecified atom stereocenters. The van der Waals surface area contributed by atoms with E-state index in [1.165, 1.54) is 48.5 Å². The van der Waals surface area contributed by atoms with E-state index in [1.807, 2.05) is 6.07 Å². The van der Waals surface area contributed by atoms with Gasteiger partial charge in [-0.05, 0) is 54.8 Å². The minimum Gasteiger partial charge on any atom is -0.481 e. The summed E-state index contributed by atoms with van der Waals surface area (Å²) in [5.74, 6) is -6.16. The number of ether oxygens (including phenoxy) is 1. The number of carbonyl (C=O) groups is 1. The first-order valence-corrected chi connectivity index (χ1v) is 10.8. The van der Waals surface area contributed by atoms with Crippen LogP contribution in [0.25, 0.3) is 0 Å². The zero-order chi connectivity index (χ0) is 25.3. The second-order valence-corrected chi connectivity index (χ2v) is 8.39. The third-order valence-corrected chi connectivity index (χ3v) is 6.08. The number of aromatic nitrogens is 1. The number of carbonyl (C=O) groups excluding carboxylic acids is 1. The van der Waals surface area contributed by atoms with Crippen LogP contribution < -0.4 is 9.64 Å². The van der Waals surface area contributed by atoms with Crippen LogP contribution in [0.4, 0.5) is 23.2 Å². The summed E-state index contributed by atoms with van der Waals surface area (Å²) >= 11 is 0. The molecule has 0 N–H and O–H groups in total. The Bertz CT molecular complexity index is 1330. The molecular formula is C26H21F4N3O2. The molecular weight excluding hydrogens is 462 g/mol. The second-order valence-electron chi connectivity index (χ2n) is 8.39. The fourth-order valence-electron chi connectivity index (χ4n) is 4.31. The van der Waals surface area contributed by atoms with Gasteiger partial charge < -0.3 is 9.64 Å². The molecule has 0 spiro atoms. The number of nitriles is 1. The average molecular weight is 483 g/mol. The van der Waals surface area contributed by atoms with Crippen molar-refractivity contribution in [3.05, 3.63) is 88.1 Å². The molecule has 0 saturated carbocycles. The van der Waals surface area contributed by atoms with Crippen LogP contribution >= 0.6 is 0 Å². The molecule has 5 nitrogen and oxygen atoms in total. The molecule has 1 aliphatic rings. The van der Waals surface area contributed by atoms with E-state index in [4.69, 9.17) is 4.74 Å².